The van der Waals surface area contributed by atoms with Crippen LogP contribution in [0.1, 0.15) is 19.8 Å². The molecule has 1 amide bonds. The Labute approximate surface area is 140 Å². The van der Waals surface area contributed by atoms with Crippen LogP contribution in [-0.2, 0) is 11.3 Å². The third kappa shape index (κ3) is 4.70. The van der Waals surface area contributed by atoms with Crippen molar-refractivity contribution in [2.45, 2.75) is 31.5 Å². The number of rotatable bonds is 7. The molecule has 0 aliphatic heterocycles. The summed E-state index contributed by atoms with van der Waals surface area (Å²) >= 11 is 4.50. The van der Waals surface area contributed by atoms with Gasteiger partial charge in [0.25, 0.3) is 0 Å². The maximum Gasteiger partial charge on any atom is 0.343 e. The minimum Gasteiger partial charge on any atom is -0.310 e. The van der Waals surface area contributed by atoms with E-state index in [1.165, 1.54) is 11.8 Å². The van der Waals surface area contributed by atoms with Crippen molar-refractivity contribution in [3.8, 4) is 0 Å². The molecule has 0 bridgehead atoms. The molecule has 0 aliphatic carbocycles. The molecule has 0 aromatic carbocycles. The summed E-state index contributed by atoms with van der Waals surface area (Å²) in [5.41, 5.74) is -0.245. The second-order valence-corrected chi connectivity index (χ2v) is 6.37. The van der Waals surface area contributed by atoms with E-state index in [2.05, 4.69) is 43.4 Å². The molecular weight excluding hydrogens is 370 g/mol. The van der Waals surface area contributed by atoms with Gasteiger partial charge in [-0.05, 0) is 34.5 Å². The number of aromatic amines is 1. The van der Waals surface area contributed by atoms with Gasteiger partial charge in [-0.3, -0.25) is 9.36 Å². The maximum absolute atomic E-state index is 11.9. The van der Waals surface area contributed by atoms with Gasteiger partial charge in [0.15, 0.2) is 5.16 Å². The fourth-order valence-corrected chi connectivity index (χ4v) is 2.69. The van der Waals surface area contributed by atoms with Crippen LogP contribution >= 0.6 is 27.7 Å². The van der Waals surface area contributed by atoms with Gasteiger partial charge in [0.2, 0.25) is 5.91 Å². The Hall–Kier alpha value is -1.61. The Bertz CT molecular complexity index is 682. The number of halogens is 1. The zero-order valence-corrected chi connectivity index (χ0v) is 14.4. The van der Waals surface area contributed by atoms with E-state index in [1.807, 2.05) is 0 Å². The van der Waals surface area contributed by atoms with E-state index in [1.54, 1.807) is 22.9 Å². The maximum atomic E-state index is 11.9. The van der Waals surface area contributed by atoms with E-state index in [0.717, 1.165) is 17.3 Å². The summed E-state index contributed by atoms with van der Waals surface area (Å²) in [5.74, 6) is 0.449. The summed E-state index contributed by atoms with van der Waals surface area (Å²) < 4.78 is 2.40. The van der Waals surface area contributed by atoms with Crippen LogP contribution in [0.2, 0.25) is 0 Å². The lowest BCUT2D eigenvalue weighted by Crippen LogP contribution is -2.19. The number of nitrogens with one attached hydrogen (secondary N) is 2. The largest absolute Gasteiger partial charge is 0.343 e. The van der Waals surface area contributed by atoms with Crippen LogP contribution in [-0.4, -0.2) is 31.4 Å². The summed E-state index contributed by atoms with van der Waals surface area (Å²) in [7, 11) is 0. The van der Waals surface area contributed by atoms with Crippen LogP contribution in [0.3, 0.4) is 0 Å². The molecule has 2 N–H and O–H groups in total. The Morgan fingerprint density at radius 3 is 3.00 bits per heavy atom. The standard InChI is InChI=1S/C13H16BrN5O2S/c1-2-3-6-19-12(21)17-18-13(19)22-8-11(20)16-10-5-4-9(14)7-15-10/h4-5,7H,2-3,6,8H2,1H3,(H,17,21)(H,15,16,20). The van der Waals surface area contributed by atoms with Gasteiger partial charge in [0, 0.05) is 17.2 Å². The van der Waals surface area contributed by atoms with Crippen molar-refractivity contribution < 1.29 is 4.79 Å². The number of unbranched alkanes of at least 4 members (excludes halogenated alkanes) is 1. The smallest absolute Gasteiger partial charge is 0.310 e. The molecule has 2 aromatic heterocycles. The minimum atomic E-state index is -0.245. The average molecular weight is 386 g/mol. The highest BCUT2D eigenvalue weighted by Gasteiger charge is 2.11. The van der Waals surface area contributed by atoms with Crippen molar-refractivity contribution >= 4 is 39.4 Å². The van der Waals surface area contributed by atoms with Crippen LogP contribution in [0.5, 0.6) is 0 Å². The number of H-pyrrole nitrogens is 1. The van der Waals surface area contributed by atoms with Gasteiger partial charge in [-0.25, -0.2) is 14.9 Å². The van der Waals surface area contributed by atoms with E-state index in [4.69, 9.17) is 0 Å². The number of nitrogens with zero attached hydrogens (tertiary/aromatic N) is 3. The number of aromatic nitrogens is 4. The van der Waals surface area contributed by atoms with Crippen molar-refractivity contribution in [1.29, 1.82) is 0 Å². The highest BCUT2D eigenvalue weighted by molar-refractivity contribution is 9.10. The number of pyridine rings is 1. The minimum absolute atomic E-state index is 0.161. The number of anilines is 1. The van der Waals surface area contributed by atoms with Gasteiger partial charge in [-0.15, -0.1) is 5.10 Å². The first kappa shape index (κ1) is 16.8. The topological polar surface area (TPSA) is 92.7 Å². The van der Waals surface area contributed by atoms with Crippen molar-refractivity contribution in [3.05, 3.63) is 33.3 Å². The first-order chi connectivity index (χ1) is 10.6. The molecule has 0 atom stereocenters. The first-order valence-corrected chi connectivity index (χ1v) is 8.57. The quantitative estimate of drug-likeness (QED) is 0.713. The number of amides is 1. The van der Waals surface area contributed by atoms with Crippen LogP contribution in [0.25, 0.3) is 0 Å². The molecule has 0 saturated carbocycles. The Morgan fingerprint density at radius 2 is 2.32 bits per heavy atom. The number of hydrogen-bond acceptors (Lipinski definition) is 5. The summed E-state index contributed by atoms with van der Waals surface area (Å²) in [6.45, 7) is 2.65. The number of thioether (sulfide) groups is 1. The lowest BCUT2D eigenvalue weighted by Gasteiger charge is -2.05. The van der Waals surface area contributed by atoms with Crippen molar-refractivity contribution in [2.24, 2.45) is 0 Å². The van der Waals surface area contributed by atoms with Crippen LogP contribution < -0.4 is 11.0 Å². The molecule has 118 valence electrons. The summed E-state index contributed by atoms with van der Waals surface area (Å²) in [5, 5.41) is 9.58. The van der Waals surface area contributed by atoms with Crippen molar-refractivity contribution in [1.82, 2.24) is 19.7 Å². The number of hydrogen-bond donors (Lipinski definition) is 2. The predicted octanol–water partition coefficient (Wildman–Crippen LogP) is 2.26. The van der Waals surface area contributed by atoms with Gasteiger partial charge in [-0.2, -0.15) is 0 Å². The molecule has 0 spiro atoms. The van der Waals surface area contributed by atoms with Crippen LogP contribution in [0.4, 0.5) is 5.82 Å². The average Bonchev–Trinajstić information content (AvgIpc) is 2.86. The third-order valence-corrected chi connectivity index (χ3v) is 4.23. The zero-order chi connectivity index (χ0) is 15.9. The van der Waals surface area contributed by atoms with E-state index in [9.17, 15) is 9.59 Å². The molecule has 2 rings (SSSR count). The second-order valence-electron chi connectivity index (χ2n) is 4.52. The highest BCUT2D eigenvalue weighted by atomic mass is 79.9. The molecule has 2 heterocycles. The fraction of sp³-hybridized carbons (Fsp3) is 0.385. The molecule has 0 unspecified atom stereocenters. The lowest BCUT2D eigenvalue weighted by molar-refractivity contribution is -0.113. The summed E-state index contributed by atoms with van der Waals surface area (Å²) in [6.07, 6.45) is 3.48. The number of carbonyl (C=O) groups excluding carboxylic acids is 1. The van der Waals surface area contributed by atoms with E-state index in [0.29, 0.717) is 17.5 Å². The molecule has 0 saturated heterocycles. The van der Waals surface area contributed by atoms with Gasteiger partial charge in [0.05, 0.1) is 5.75 Å². The summed E-state index contributed by atoms with van der Waals surface area (Å²) in [6, 6.07) is 3.50. The molecule has 22 heavy (non-hydrogen) atoms. The van der Waals surface area contributed by atoms with Gasteiger partial charge in [0.1, 0.15) is 5.82 Å². The Kier molecular flexibility index (Phi) is 6.20. The van der Waals surface area contributed by atoms with Crippen molar-refractivity contribution in [3.63, 3.8) is 0 Å². The Balaban J connectivity index is 1.91. The predicted molar refractivity (Wildman–Crippen MR) is 89.0 cm³/mol. The monoisotopic (exact) mass is 385 g/mol. The third-order valence-electron chi connectivity index (χ3n) is 2.79. The zero-order valence-electron chi connectivity index (χ0n) is 12.0. The molecule has 2 aromatic rings. The van der Waals surface area contributed by atoms with E-state index < -0.39 is 0 Å². The van der Waals surface area contributed by atoms with Crippen molar-refractivity contribution in [2.75, 3.05) is 11.1 Å². The highest BCUT2D eigenvalue weighted by Crippen LogP contribution is 2.15. The molecule has 0 fully saturated rings. The molecule has 0 aliphatic rings. The SMILES string of the molecule is CCCCn1c(SCC(=O)Nc2ccc(Br)cn2)n[nH]c1=O. The van der Waals surface area contributed by atoms with Gasteiger partial charge < -0.3 is 5.32 Å². The summed E-state index contributed by atoms with van der Waals surface area (Å²) in [4.78, 5) is 27.6. The first-order valence-electron chi connectivity index (χ1n) is 6.79. The molecule has 0 radical (unpaired) electrons. The molecule has 9 heteroatoms. The number of carbonyl (C=O) groups is 1. The normalized spacial score (nSPS) is 10.6. The van der Waals surface area contributed by atoms with Gasteiger partial charge >= 0.3 is 5.69 Å². The van der Waals surface area contributed by atoms with E-state index >= 15 is 0 Å². The lowest BCUT2D eigenvalue weighted by atomic mass is 10.3. The second kappa shape index (κ2) is 8.14. The Morgan fingerprint density at radius 1 is 1.50 bits per heavy atom. The van der Waals surface area contributed by atoms with Crippen LogP contribution in [0, 0.1) is 0 Å². The molecular formula is C13H16BrN5O2S. The van der Waals surface area contributed by atoms with Crippen LogP contribution in [0.15, 0.2) is 32.8 Å². The van der Waals surface area contributed by atoms with Gasteiger partial charge in [-0.1, -0.05) is 25.1 Å². The molecule has 7 nitrogen and oxygen atoms in total. The fourth-order valence-electron chi connectivity index (χ4n) is 1.69. The van der Waals surface area contributed by atoms with E-state index in [-0.39, 0.29) is 17.3 Å².